The molecule has 6 heteroatoms. The van der Waals surface area contributed by atoms with Crippen molar-refractivity contribution >= 4 is 15.9 Å². The molecular formula is C14H19BrF2N2O. The van der Waals surface area contributed by atoms with Crippen LogP contribution in [0, 0.1) is 0 Å². The summed E-state index contributed by atoms with van der Waals surface area (Å²) in [6.07, 6.45) is -2.44. The van der Waals surface area contributed by atoms with Gasteiger partial charge in [0, 0.05) is 36.2 Å². The van der Waals surface area contributed by atoms with Crippen molar-refractivity contribution in [2.75, 3.05) is 32.8 Å². The topological polar surface area (TPSA) is 24.5 Å². The third-order valence-corrected chi connectivity index (χ3v) is 3.87. The zero-order chi connectivity index (χ0) is 14.5. The van der Waals surface area contributed by atoms with Crippen LogP contribution in [0.3, 0.4) is 0 Å². The first-order chi connectivity index (χ1) is 9.63. The van der Waals surface area contributed by atoms with Crippen molar-refractivity contribution in [3.05, 3.63) is 28.2 Å². The molecule has 1 aliphatic heterocycles. The summed E-state index contributed by atoms with van der Waals surface area (Å²) in [5.74, 6) is 0.541. The lowest BCUT2D eigenvalue weighted by Crippen LogP contribution is -2.47. The SMILES string of the molecule is CCOc1ccc(Br)cc1[C@@H](C(F)F)N1CCNCC1. The number of nitrogens with one attached hydrogen (secondary N) is 1. The van der Waals surface area contributed by atoms with Crippen LogP contribution in [0.4, 0.5) is 8.78 Å². The van der Waals surface area contributed by atoms with E-state index in [2.05, 4.69) is 21.2 Å². The fraction of sp³-hybridized carbons (Fsp3) is 0.571. The zero-order valence-corrected chi connectivity index (χ0v) is 13.0. The minimum absolute atomic E-state index is 0.464. The molecule has 1 N–H and O–H groups in total. The Balaban J connectivity index is 2.34. The predicted molar refractivity (Wildman–Crippen MR) is 78.5 cm³/mol. The average molecular weight is 349 g/mol. The highest BCUT2D eigenvalue weighted by Crippen LogP contribution is 2.36. The van der Waals surface area contributed by atoms with Crippen molar-refractivity contribution in [1.82, 2.24) is 10.2 Å². The standard InChI is InChI=1S/C14H19BrF2N2O/c1-2-20-12-4-3-10(15)9-11(12)13(14(16)17)19-7-5-18-6-8-19/h3-4,9,13-14,18H,2,5-8H2,1H3/t13-/m0/s1. The summed E-state index contributed by atoms with van der Waals surface area (Å²) in [7, 11) is 0. The number of halogens is 3. The first-order valence-electron chi connectivity index (χ1n) is 6.78. The fourth-order valence-electron chi connectivity index (χ4n) is 2.49. The van der Waals surface area contributed by atoms with E-state index in [9.17, 15) is 8.78 Å². The normalized spacial score (nSPS) is 18.2. The molecule has 0 aromatic heterocycles. The van der Waals surface area contributed by atoms with Crippen molar-refractivity contribution in [3.8, 4) is 5.75 Å². The summed E-state index contributed by atoms with van der Waals surface area (Å²) in [5, 5.41) is 3.18. The Kier molecular flexibility index (Phi) is 5.74. The van der Waals surface area contributed by atoms with Crippen LogP contribution < -0.4 is 10.1 Å². The average Bonchev–Trinajstić information content (AvgIpc) is 2.43. The molecule has 3 nitrogen and oxygen atoms in total. The van der Waals surface area contributed by atoms with Gasteiger partial charge in [-0.25, -0.2) is 8.78 Å². The largest absolute Gasteiger partial charge is 0.494 e. The van der Waals surface area contributed by atoms with E-state index in [0.29, 0.717) is 31.0 Å². The molecule has 0 bridgehead atoms. The second-order valence-electron chi connectivity index (χ2n) is 4.68. The highest BCUT2D eigenvalue weighted by Gasteiger charge is 2.32. The van der Waals surface area contributed by atoms with Crippen LogP contribution in [0.2, 0.25) is 0 Å². The molecule has 1 atom stereocenters. The molecule has 0 spiro atoms. The molecule has 1 aromatic rings. The molecule has 0 amide bonds. The Morgan fingerprint density at radius 3 is 2.65 bits per heavy atom. The van der Waals surface area contributed by atoms with Gasteiger partial charge in [0.05, 0.1) is 6.61 Å². The van der Waals surface area contributed by atoms with Gasteiger partial charge in [-0.05, 0) is 25.1 Å². The van der Waals surface area contributed by atoms with E-state index < -0.39 is 12.5 Å². The Morgan fingerprint density at radius 2 is 2.05 bits per heavy atom. The van der Waals surface area contributed by atoms with Gasteiger partial charge in [0.25, 0.3) is 6.43 Å². The molecular weight excluding hydrogens is 330 g/mol. The molecule has 112 valence electrons. The maximum atomic E-state index is 13.6. The number of hydrogen-bond donors (Lipinski definition) is 1. The van der Waals surface area contributed by atoms with Gasteiger partial charge in [0.15, 0.2) is 0 Å². The smallest absolute Gasteiger partial charge is 0.258 e. The third kappa shape index (κ3) is 3.68. The predicted octanol–water partition coefficient (Wildman–Crippen LogP) is 3.06. The Morgan fingerprint density at radius 1 is 1.35 bits per heavy atom. The lowest BCUT2D eigenvalue weighted by Gasteiger charge is -2.35. The lowest BCUT2D eigenvalue weighted by atomic mass is 10.0. The molecule has 0 aliphatic carbocycles. The summed E-state index contributed by atoms with van der Waals surface area (Å²) in [5.41, 5.74) is 0.554. The number of ether oxygens (including phenoxy) is 1. The van der Waals surface area contributed by atoms with Gasteiger partial charge in [-0.3, -0.25) is 4.90 Å². The van der Waals surface area contributed by atoms with Gasteiger partial charge in [-0.1, -0.05) is 15.9 Å². The van der Waals surface area contributed by atoms with Crippen LogP contribution in [0.25, 0.3) is 0 Å². The summed E-state index contributed by atoms with van der Waals surface area (Å²) in [6.45, 7) is 5.03. The van der Waals surface area contributed by atoms with Gasteiger partial charge in [0.2, 0.25) is 0 Å². The maximum absolute atomic E-state index is 13.6. The van der Waals surface area contributed by atoms with Gasteiger partial charge in [0.1, 0.15) is 11.8 Å². The molecule has 2 rings (SSSR count). The van der Waals surface area contributed by atoms with E-state index in [0.717, 1.165) is 17.6 Å². The van der Waals surface area contributed by atoms with E-state index in [1.807, 2.05) is 17.9 Å². The molecule has 1 heterocycles. The van der Waals surface area contributed by atoms with Crippen LogP contribution in [0.1, 0.15) is 18.5 Å². The maximum Gasteiger partial charge on any atom is 0.258 e. The number of nitrogens with zero attached hydrogens (tertiary/aromatic N) is 1. The van der Waals surface area contributed by atoms with Crippen LogP contribution in [-0.4, -0.2) is 44.1 Å². The van der Waals surface area contributed by atoms with Gasteiger partial charge in [-0.15, -0.1) is 0 Å². The number of benzene rings is 1. The van der Waals surface area contributed by atoms with Gasteiger partial charge >= 0.3 is 0 Å². The monoisotopic (exact) mass is 348 g/mol. The van der Waals surface area contributed by atoms with Crippen LogP contribution >= 0.6 is 15.9 Å². The Bertz CT molecular complexity index is 439. The van der Waals surface area contributed by atoms with Crippen molar-refractivity contribution < 1.29 is 13.5 Å². The highest BCUT2D eigenvalue weighted by molar-refractivity contribution is 9.10. The first-order valence-corrected chi connectivity index (χ1v) is 7.58. The second-order valence-corrected chi connectivity index (χ2v) is 5.60. The molecule has 1 aliphatic rings. The summed E-state index contributed by atoms with van der Waals surface area (Å²) >= 11 is 3.36. The zero-order valence-electron chi connectivity index (χ0n) is 11.4. The van der Waals surface area contributed by atoms with Crippen molar-refractivity contribution in [2.24, 2.45) is 0 Å². The molecule has 0 radical (unpaired) electrons. The number of alkyl halides is 2. The summed E-state index contributed by atoms with van der Waals surface area (Å²) in [6, 6.07) is 4.38. The Hall–Kier alpha value is -0.720. The van der Waals surface area contributed by atoms with E-state index >= 15 is 0 Å². The van der Waals surface area contributed by atoms with Gasteiger partial charge in [-0.2, -0.15) is 0 Å². The summed E-state index contributed by atoms with van der Waals surface area (Å²) < 4.78 is 33.5. The first kappa shape index (κ1) is 15.7. The van der Waals surface area contributed by atoms with Crippen molar-refractivity contribution in [1.29, 1.82) is 0 Å². The van der Waals surface area contributed by atoms with Crippen LogP contribution in [0.5, 0.6) is 5.75 Å². The van der Waals surface area contributed by atoms with E-state index in [4.69, 9.17) is 4.74 Å². The number of hydrogen-bond acceptors (Lipinski definition) is 3. The fourth-order valence-corrected chi connectivity index (χ4v) is 2.87. The lowest BCUT2D eigenvalue weighted by molar-refractivity contribution is 0.0167. The van der Waals surface area contributed by atoms with Crippen molar-refractivity contribution in [3.63, 3.8) is 0 Å². The van der Waals surface area contributed by atoms with E-state index in [-0.39, 0.29) is 0 Å². The molecule has 1 fully saturated rings. The quantitative estimate of drug-likeness (QED) is 0.884. The van der Waals surface area contributed by atoms with Crippen LogP contribution in [0.15, 0.2) is 22.7 Å². The third-order valence-electron chi connectivity index (χ3n) is 3.37. The highest BCUT2D eigenvalue weighted by atomic mass is 79.9. The molecule has 0 saturated carbocycles. The Labute approximate surface area is 126 Å². The van der Waals surface area contributed by atoms with Crippen LogP contribution in [-0.2, 0) is 0 Å². The second kappa shape index (κ2) is 7.33. The van der Waals surface area contributed by atoms with Gasteiger partial charge < -0.3 is 10.1 Å². The summed E-state index contributed by atoms with van der Waals surface area (Å²) in [4.78, 5) is 1.82. The number of rotatable bonds is 5. The molecule has 1 saturated heterocycles. The minimum Gasteiger partial charge on any atom is -0.494 e. The number of piperazine rings is 1. The minimum atomic E-state index is -2.44. The van der Waals surface area contributed by atoms with E-state index in [1.54, 1.807) is 12.1 Å². The van der Waals surface area contributed by atoms with Crippen molar-refractivity contribution in [2.45, 2.75) is 19.4 Å². The molecule has 20 heavy (non-hydrogen) atoms. The van der Waals surface area contributed by atoms with E-state index in [1.165, 1.54) is 0 Å². The molecule has 0 unspecified atom stereocenters. The molecule has 1 aromatic carbocycles.